The molecule has 0 atom stereocenters. The van der Waals surface area contributed by atoms with Crippen molar-refractivity contribution in [1.29, 1.82) is 0 Å². The van der Waals surface area contributed by atoms with E-state index < -0.39 is 6.85 Å². The number of imidazole rings is 1. The quantitative estimate of drug-likeness (QED) is 0.181. The molecule has 0 fully saturated rings. The average Bonchev–Trinajstić information content (AvgIpc) is 3.66. The molecule has 2 heterocycles. The summed E-state index contributed by atoms with van der Waals surface area (Å²) in [6.07, 6.45) is 1.82. The van der Waals surface area contributed by atoms with Crippen molar-refractivity contribution in [2.24, 2.45) is 0 Å². The fourth-order valence-electron chi connectivity index (χ4n) is 8.94. The zero-order chi connectivity index (χ0) is 51.1. The smallest absolute Gasteiger partial charge is 0.149 e. The van der Waals surface area contributed by atoms with Crippen LogP contribution in [-0.4, -0.2) is 19.6 Å². The van der Waals surface area contributed by atoms with Crippen LogP contribution < -0.4 is 0 Å². The summed E-state index contributed by atoms with van der Waals surface area (Å²) in [5, 5.41) is 12.7. The first-order valence-corrected chi connectivity index (χ1v) is 23.8. The van der Waals surface area contributed by atoms with Crippen molar-refractivity contribution in [1.82, 2.24) is 14.5 Å². The topological polar surface area (TPSA) is 50.9 Å². The predicted octanol–water partition coefficient (Wildman–Crippen LogP) is 17.3. The van der Waals surface area contributed by atoms with E-state index in [1.165, 1.54) is 11.1 Å². The van der Waals surface area contributed by atoms with Crippen LogP contribution in [-0.2, 0) is 27.1 Å². The third-order valence-corrected chi connectivity index (χ3v) is 13.3. The molecule has 8 rings (SSSR count). The lowest BCUT2D eigenvalue weighted by Crippen LogP contribution is -2.17. The summed E-state index contributed by atoms with van der Waals surface area (Å²) in [5.74, 6) is 0.902. The lowest BCUT2D eigenvalue weighted by atomic mass is 9.79. The first-order valence-electron chi connectivity index (χ1n) is 25.3. The van der Waals surface area contributed by atoms with Gasteiger partial charge in [-0.2, -0.15) is 0 Å². The van der Waals surface area contributed by atoms with E-state index in [1.807, 2.05) is 24.4 Å². The number of nitrogens with zero attached hydrogens (tertiary/aromatic N) is 3. The molecule has 0 saturated carbocycles. The molecule has 2 aromatic heterocycles. The number of para-hydroxylation sites is 1. The summed E-state index contributed by atoms with van der Waals surface area (Å²) in [4.78, 5) is 10.7. The Labute approximate surface area is 405 Å². The first-order chi connectivity index (χ1) is 32.4. The fourth-order valence-corrected chi connectivity index (χ4v) is 8.94. The molecule has 8 aromatic rings. The molecule has 0 aliphatic heterocycles. The zero-order valence-electron chi connectivity index (χ0n) is 45.5. The molecule has 1 N–H and O–H groups in total. The minimum Gasteiger partial charge on any atom is -0.507 e. The molecular formula is C63H71N3O. The standard InChI is InChI=1S/C63H71N3O/c1-39-20-22-40(23-21-39)42-30-31-64-53(35-42)44-32-43(33-47(34-44)61(8,9)10)50-18-17-19-54-56(50)65-58(51-36-48(62(11,12)13)37-52(57(51)67)63(14,15)16)66(54)55-38-46(60(5,6)7)28-29-49(55)41-24-26-45(27-25-41)59(2,3)4/h17-38,67H,1-16H3/i1D3. The largest absolute Gasteiger partial charge is 0.507 e. The number of pyridine rings is 1. The van der Waals surface area contributed by atoms with E-state index in [1.54, 1.807) is 12.1 Å². The van der Waals surface area contributed by atoms with Crippen LogP contribution in [0.1, 0.15) is 141 Å². The molecule has 0 unspecified atom stereocenters. The summed E-state index contributed by atoms with van der Waals surface area (Å²) >= 11 is 0. The van der Waals surface area contributed by atoms with Gasteiger partial charge in [0.1, 0.15) is 11.6 Å². The van der Waals surface area contributed by atoms with Gasteiger partial charge in [0.2, 0.25) is 0 Å². The van der Waals surface area contributed by atoms with Crippen molar-refractivity contribution in [3.63, 3.8) is 0 Å². The van der Waals surface area contributed by atoms with E-state index in [0.29, 0.717) is 17.0 Å². The Balaban J connectivity index is 1.45. The van der Waals surface area contributed by atoms with Gasteiger partial charge >= 0.3 is 0 Å². The van der Waals surface area contributed by atoms with E-state index in [2.05, 4.69) is 205 Å². The van der Waals surface area contributed by atoms with Crippen LogP contribution in [0.4, 0.5) is 0 Å². The summed E-state index contributed by atoms with van der Waals surface area (Å²) < 4.78 is 25.9. The highest BCUT2D eigenvalue weighted by molar-refractivity contribution is 5.98. The fraction of sp³-hybridized carbons (Fsp3) is 0.333. The van der Waals surface area contributed by atoms with Crippen LogP contribution in [0, 0.1) is 6.85 Å². The Morgan fingerprint density at radius 1 is 0.463 bits per heavy atom. The lowest BCUT2D eigenvalue weighted by Gasteiger charge is -2.28. The number of hydrogen-bond acceptors (Lipinski definition) is 3. The van der Waals surface area contributed by atoms with Gasteiger partial charge in [0.15, 0.2) is 0 Å². The number of aryl methyl sites for hydroxylation is 1. The Hall–Kier alpha value is -6.26. The van der Waals surface area contributed by atoms with Crippen molar-refractivity contribution in [2.75, 3.05) is 0 Å². The van der Waals surface area contributed by atoms with Crippen LogP contribution in [0.15, 0.2) is 134 Å². The lowest BCUT2D eigenvalue weighted by molar-refractivity contribution is 0.446. The maximum absolute atomic E-state index is 12.7. The zero-order valence-corrected chi connectivity index (χ0v) is 42.5. The number of hydrogen-bond donors (Lipinski definition) is 1. The Kier molecular flexibility index (Phi) is 10.9. The molecule has 0 radical (unpaired) electrons. The second kappa shape index (κ2) is 16.8. The Bertz CT molecular complexity index is 3250. The molecule has 0 aliphatic rings. The molecule has 0 bridgehead atoms. The summed E-state index contributed by atoms with van der Waals surface area (Å²) in [6.45, 7) is 31.2. The molecule has 67 heavy (non-hydrogen) atoms. The van der Waals surface area contributed by atoms with Crippen LogP contribution in [0.3, 0.4) is 0 Å². The van der Waals surface area contributed by atoms with Crippen LogP contribution >= 0.6 is 0 Å². The Morgan fingerprint density at radius 3 is 1.67 bits per heavy atom. The second-order valence-corrected chi connectivity index (χ2v) is 23.7. The SMILES string of the molecule is [2H]C([2H])([2H])c1ccc(-c2ccnc(-c3cc(-c4cccc5c4nc(-c4cc(C(C)(C)C)cc(C(C)(C)C)c4O)n5-c4cc(C(C)(C)C)ccc4-c4ccc(C(C)(C)C)cc4)cc(C(C)(C)C)c3)c2)cc1. The molecule has 4 heteroatoms. The number of phenols is 1. The van der Waals surface area contributed by atoms with Crippen molar-refractivity contribution < 1.29 is 9.22 Å². The van der Waals surface area contributed by atoms with Crippen molar-refractivity contribution in [3.05, 3.63) is 167 Å². The van der Waals surface area contributed by atoms with Gasteiger partial charge < -0.3 is 5.11 Å². The number of benzene rings is 6. The van der Waals surface area contributed by atoms with Crippen LogP contribution in [0.2, 0.25) is 0 Å². The second-order valence-electron chi connectivity index (χ2n) is 23.7. The molecule has 344 valence electrons. The molecular weight excluding hydrogens is 815 g/mol. The summed E-state index contributed by atoms with van der Waals surface area (Å²) in [6, 6.07) is 44.5. The van der Waals surface area contributed by atoms with Gasteiger partial charge in [-0.05, 0) is 121 Å². The molecule has 0 amide bonds. The van der Waals surface area contributed by atoms with Gasteiger partial charge in [0, 0.05) is 32.6 Å². The van der Waals surface area contributed by atoms with Crippen molar-refractivity contribution >= 4 is 11.0 Å². The maximum Gasteiger partial charge on any atom is 0.149 e. The first kappa shape index (κ1) is 43.3. The number of fused-ring (bicyclic) bond motifs is 1. The maximum atomic E-state index is 12.7. The normalized spacial score (nSPS) is 13.7. The average molecular weight is 889 g/mol. The van der Waals surface area contributed by atoms with E-state index in [9.17, 15) is 5.11 Å². The minimum atomic E-state index is -2.17. The minimum absolute atomic E-state index is 0.000172. The van der Waals surface area contributed by atoms with Crippen molar-refractivity contribution in [2.45, 2.75) is 138 Å². The summed E-state index contributed by atoms with van der Waals surface area (Å²) in [5.41, 5.74) is 16.2. The van der Waals surface area contributed by atoms with Gasteiger partial charge in [-0.15, -0.1) is 0 Å². The van der Waals surface area contributed by atoms with E-state index in [4.69, 9.17) is 14.1 Å². The highest BCUT2D eigenvalue weighted by Crippen LogP contribution is 2.46. The molecule has 4 nitrogen and oxygen atoms in total. The highest BCUT2D eigenvalue weighted by Gasteiger charge is 2.30. The number of aromatic hydroxyl groups is 1. The van der Waals surface area contributed by atoms with Gasteiger partial charge in [-0.3, -0.25) is 9.55 Å². The third-order valence-electron chi connectivity index (χ3n) is 13.3. The van der Waals surface area contributed by atoms with Crippen molar-refractivity contribution in [3.8, 4) is 67.5 Å². The molecule has 0 spiro atoms. The van der Waals surface area contributed by atoms with Crippen LogP contribution in [0.5, 0.6) is 5.75 Å². The van der Waals surface area contributed by atoms with Gasteiger partial charge in [0.25, 0.3) is 0 Å². The molecule has 6 aromatic carbocycles. The third kappa shape index (κ3) is 9.51. The number of aromatic nitrogens is 3. The number of phenolic OH excluding ortho intramolecular Hbond substituents is 1. The van der Waals surface area contributed by atoms with E-state index in [0.717, 1.165) is 78.0 Å². The molecule has 0 saturated heterocycles. The Morgan fingerprint density at radius 2 is 1.06 bits per heavy atom. The van der Waals surface area contributed by atoms with Gasteiger partial charge in [0.05, 0.1) is 28.0 Å². The van der Waals surface area contributed by atoms with Gasteiger partial charge in [-0.1, -0.05) is 194 Å². The highest BCUT2D eigenvalue weighted by atomic mass is 16.3. The van der Waals surface area contributed by atoms with Gasteiger partial charge in [-0.25, -0.2) is 4.98 Å². The summed E-state index contributed by atoms with van der Waals surface area (Å²) in [7, 11) is 0. The van der Waals surface area contributed by atoms with E-state index in [-0.39, 0.29) is 32.8 Å². The monoisotopic (exact) mass is 889 g/mol. The molecule has 0 aliphatic carbocycles. The predicted molar refractivity (Wildman–Crippen MR) is 286 cm³/mol. The van der Waals surface area contributed by atoms with E-state index >= 15 is 0 Å². The number of rotatable bonds is 6. The van der Waals surface area contributed by atoms with Crippen LogP contribution in [0.25, 0.3) is 72.7 Å².